The summed E-state index contributed by atoms with van der Waals surface area (Å²) in [6, 6.07) is 5.51. The summed E-state index contributed by atoms with van der Waals surface area (Å²) >= 11 is 0. The maximum absolute atomic E-state index is 11.2. The molecule has 1 aromatic heterocycles. The predicted octanol–water partition coefficient (Wildman–Crippen LogP) is 1.95. The average Bonchev–Trinajstić information content (AvgIpc) is 3.05. The molecular formula is C14H13N3O4. The molecule has 7 heteroatoms. The molecule has 2 aromatic rings. The standard InChI is InChI=1S/C14H13N3O4/c1-7(18)15-13-9-6-8(2-3-10(9)16-17-13)11-4-5-12(21-11)14(19)20/h2-3,5-6,11H,4H2,1H3,(H,19,20)(H2,15,16,17,18). The highest BCUT2D eigenvalue weighted by Gasteiger charge is 2.24. The zero-order valence-corrected chi connectivity index (χ0v) is 11.2. The fourth-order valence-electron chi connectivity index (χ4n) is 2.30. The van der Waals surface area contributed by atoms with Gasteiger partial charge in [-0.15, -0.1) is 0 Å². The van der Waals surface area contributed by atoms with Crippen molar-refractivity contribution in [1.82, 2.24) is 10.2 Å². The SMILES string of the molecule is CC(=O)Nc1n[nH]c2ccc(C3CC=C(C(=O)O)O3)cc12. The van der Waals surface area contributed by atoms with Gasteiger partial charge in [-0.1, -0.05) is 6.07 Å². The number of H-pyrrole nitrogens is 1. The van der Waals surface area contributed by atoms with Crippen LogP contribution in [0.1, 0.15) is 25.0 Å². The number of aliphatic carboxylic acids is 1. The van der Waals surface area contributed by atoms with E-state index in [2.05, 4.69) is 15.5 Å². The molecule has 1 aliphatic heterocycles. The van der Waals surface area contributed by atoms with Crippen LogP contribution in [0, 0.1) is 0 Å². The second kappa shape index (κ2) is 4.93. The Balaban J connectivity index is 1.91. The number of nitrogens with zero attached hydrogens (tertiary/aromatic N) is 1. The number of anilines is 1. The molecule has 7 nitrogen and oxygen atoms in total. The van der Waals surface area contributed by atoms with Gasteiger partial charge in [-0.3, -0.25) is 9.89 Å². The number of carboxylic acid groups (broad SMARTS) is 1. The lowest BCUT2D eigenvalue weighted by atomic mass is 10.1. The predicted molar refractivity (Wildman–Crippen MR) is 74.6 cm³/mol. The van der Waals surface area contributed by atoms with Gasteiger partial charge in [-0.25, -0.2) is 4.79 Å². The summed E-state index contributed by atoms with van der Waals surface area (Å²) in [5.41, 5.74) is 1.62. The molecule has 0 bridgehead atoms. The van der Waals surface area contributed by atoms with Crippen LogP contribution >= 0.6 is 0 Å². The highest BCUT2D eigenvalue weighted by molar-refractivity contribution is 5.98. The van der Waals surface area contributed by atoms with Crippen LogP contribution in [-0.2, 0) is 14.3 Å². The molecule has 0 spiro atoms. The molecule has 108 valence electrons. The number of aromatic nitrogens is 2. The number of aromatic amines is 1. The quantitative estimate of drug-likeness (QED) is 0.800. The third-order valence-electron chi connectivity index (χ3n) is 3.25. The monoisotopic (exact) mass is 287 g/mol. The van der Waals surface area contributed by atoms with Crippen LogP contribution in [0.3, 0.4) is 0 Å². The molecule has 0 saturated carbocycles. The molecular weight excluding hydrogens is 274 g/mol. The van der Waals surface area contributed by atoms with Gasteiger partial charge in [0.2, 0.25) is 11.7 Å². The number of carbonyl (C=O) groups excluding carboxylic acids is 1. The Morgan fingerprint density at radius 3 is 2.95 bits per heavy atom. The van der Waals surface area contributed by atoms with Gasteiger partial charge >= 0.3 is 5.97 Å². The number of rotatable bonds is 3. The number of ether oxygens (including phenoxy) is 1. The van der Waals surface area contributed by atoms with E-state index in [9.17, 15) is 9.59 Å². The molecule has 1 aromatic carbocycles. The van der Waals surface area contributed by atoms with Crippen molar-refractivity contribution in [3.8, 4) is 0 Å². The topological polar surface area (TPSA) is 104 Å². The van der Waals surface area contributed by atoms with Crippen LogP contribution in [0.5, 0.6) is 0 Å². The second-order valence-electron chi connectivity index (χ2n) is 4.77. The maximum atomic E-state index is 11.2. The van der Waals surface area contributed by atoms with Gasteiger partial charge in [0.1, 0.15) is 6.10 Å². The number of carboxylic acids is 1. The minimum Gasteiger partial charge on any atom is -0.478 e. The Labute approximate surface area is 119 Å². The first-order valence-electron chi connectivity index (χ1n) is 6.40. The maximum Gasteiger partial charge on any atom is 0.370 e. The lowest BCUT2D eigenvalue weighted by Gasteiger charge is -2.12. The van der Waals surface area contributed by atoms with Gasteiger partial charge in [-0.2, -0.15) is 5.10 Å². The first-order valence-corrected chi connectivity index (χ1v) is 6.40. The summed E-state index contributed by atoms with van der Waals surface area (Å²) in [6.45, 7) is 1.41. The van der Waals surface area contributed by atoms with E-state index in [4.69, 9.17) is 9.84 Å². The molecule has 3 N–H and O–H groups in total. The van der Waals surface area contributed by atoms with Gasteiger partial charge in [-0.05, 0) is 23.8 Å². The molecule has 0 fully saturated rings. The number of benzene rings is 1. The van der Waals surface area contributed by atoms with E-state index < -0.39 is 5.97 Å². The summed E-state index contributed by atoms with van der Waals surface area (Å²) in [4.78, 5) is 22.0. The molecule has 0 saturated heterocycles. The lowest BCUT2D eigenvalue weighted by molar-refractivity contribution is -0.137. The number of carbonyl (C=O) groups is 2. The largest absolute Gasteiger partial charge is 0.478 e. The fourth-order valence-corrected chi connectivity index (χ4v) is 2.30. The van der Waals surface area contributed by atoms with Crippen molar-refractivity contribution in [2.24, 2.45) is 0 Å². The molecule has 0 radical (unpaired) electrons. The van der Waals surface area contributed by atoms with E-state index in [0.717, 1.165) is 16.5 Å². The van der Waals surface area contributed by atoms with Crippen molar-refractivity contribution in [3.05, 3.63) is 35.6 Å². The Bertz CT molecular complexity index is 763. The molecule has 2 heterocycles. The van der Waals surface area contributed by atoms with E-state index in [1.807, 2.05) is 18.2 Å². The van der Waals surface area contributed by atoms with Crippen LogP contribution < -0.4 is 5.32 Å². The second-order valence-corrected chi connectivity index (χ2v) is 4.77. The highest BCUT2D eigenvalue weighted by Crippen LogP contribution is 2.33. The van der Waals surface area contributed by atoms with Crippen LogP contribution in [0.2, 0.25) is 0 Å². The minimum atomic E-state index is -1.07. The van der Waals surface area contributed by atoms with E-state index in [0.29, 0.717) is 12.2 Å². The van der Waals surface area contributed by atoms with E-state index in [1.54, 1.807) is 6.08 Å². The third-order valence-corrected chi connectivity index (χ3v) is 3.25. The van der Waals surface area contributed by atoms with E-state index >= 15 is 0 Å². The molecule has 1 amide bonds. The van der Waals surface area contributed by atoms with Crippen molar-refractivity contribution >= 4 is 28.6 Å². The van der Waals surface area contributed by atoms with Crippen LogP contribution in [-0.4, -0.2) is 27.2 Å². The van der Waals surface area contributed by atoms with Crippen molar-refractivity contribution in [1.29, 1.82) is 0 Å². The molecule has 1 atom stereocenters. The molecule has 3 rings (SSSR count). The molecule has 21 heavy (non-hydrogen) atoms. The van der Waals surface area contributed by atoms with Gasteiger partial charge < -0.3 is 15.2 Å². The number of fused-ring (bicyclic) bond motifs is 1. The smallest absolute Gasteiger partial charge is 0.370 e. The normalized spacial score (nSPS) is 17.4. The Kier molecular flexibility index (Phi) is 3.09. The van der Waals surface area contributed by atoms with Gasteiger partial charge in [0.05, 0.1) is 5.52 Å². The summed E-state index contributed by atoms with van der Waals surface area (Å²) in [5.74, 6) is -0.861. The number of amides is 1. The average molecular weight is 287 g/mol. The minimum absolute atomic E-state index is 0.0330. The number of hydrogen-bond acceptors (Lipinski definition) is 4. The summed E-state index contributed by atoms with van der Waals surface area (Å²) in [5, 5.41) is 19.2. The first-order chi connectivity index (χ1) is 10.0. The van der Waals surface area contributed by atoms with Gasteiger partial charge in [0, 0.05) is 18.7 Å². The Morgan fingerprint density at radius 2 is 2.29 bits per heavy atom. The Hall–Kier alpha value is -2.83. The third kappa shape index (κ3) is 2.45. The highest BCUT2D eigenvalue weighted by atomic mass is 16.5. The lowest BCUT2D eigenvalue weighted by Crippen LogP contribution is -2.06. The number of hydrogen-bond donors (Lipinski definition) is 3. The van der Waals surface area contributed by atoms with Gasteiger partial charge in [0.15, 0.2) is 5.82 Å². The Morgan fingerprint density at radius 1 is 1.48 bits per heavy atom. The van der Waals surface area contributed by atoms with Crippen LogP contribution in [0.15, 0.2) is 30.0 Å². The zero-order chi connectivity index (χ0) is 15.0. The summed E-state index contributed by atoms with van der Waals surface area (Å²) < 4.78 is 5.40. The number of nitrogens with one attached hydrogen (secondary N) is 2. The van der Waals surface area contributed by atoms with E-state index in [1.165, 1.54) is 6.92 Å². The van der Waals surface area contributed by atoms with Crippen LogP contribution in [0.4, 0.5) is 5.82 Å². The van der Waals surface area contributed by atoms with Crippen LogP contribution in [0.25, 0.3) is 10.9 Å². The van der Waals surface area contributed by atoms with Crippen molar-refractivity contribution in [2.45, 2.75) is 19.4 Å². The fraction of sp³-hybridized carbons (Fsp3) is 0.214. The van der Waals surface area contributed by atoms with Crippen molar-refractivity contribution in [3.63, 3.8) is 0 Å². The molecule has 1 aliphatic rings. The molecule has 0 aliphatic carbocycles. The van der Waals surface area contributed by atoms with Crippen molar-refractivity contribution < 1.29 is 19.4 Å². The zero-order valence-electron chi connectivity index (χ0n) is 11.2. The molecule has 1 unspecified atom stereocenters. The van der Waals surface area contributed by atoms with E-state index in [-0.39, 0.29) is 17.8 Å². The first kappa shape index (κ1) is 13.2. The summed E-state index contributed by atoms with van der Waals surface area (Å²) in [6.07, 6.45) is 1.72. The van der Waals surface area contributed by atoms with Gasteiger partial charge in [0.25, 0.3) is 0 Å². The summed E-state index contributed by atoms with van der Waals surface area (Å²) in [7, 11) is 0. The van der Waals surface area contributed by atoms with Crippen molar-refractivity contribution in [2.75, 3.05) is 5.32 Å².